The highest BCUT2D eigenvalue weighted by Crippen LogP contribution is 2.21. The van der Waals surface area contributed by atoms with Gasteiger partial charge in [0.25, 0.3) is 0 Å². The van der Waals surface area contributed by atoms with Crippen molar-refractivity contribution in [3.8, 4) is 0 Å². The van der Waals surface area contributed by atoms with Crippen molar-refractivity contribution < 1.29 is 0 Å². The number of hydrogen-bond acceptors (Lipinski definition) is 1. The minimum atomic E-state index is 0.419. The van der Waals surface area contributed by atoms with Crippen LogP contribution in [0.5, 0.6) is 0 Å². The Labute approximate surface area is 93.2 Å². The molecule has 1 nitrogen and oxygen atoms in total. The largest absolute Gasteiger partial charge is 0.306 e. The Kier molecular flexibility index (Phi) is 4.57. The smallest absolute Gasteiger partial charge is 0.0346 e. The van der Waals surface area contributed by atoms with Crippen LogP contribution in [0.2, 0.25) is 0 Å². The summed E-state index contributed by atoms with van der Waals surface area (Å²) in [5, 5.41) is 3.54. The van der Waals surface area contributed by atoms with Gasteiger partial charge in [-0.1, -0.05) is 56.3 Å². The van der Waals surface area contributed by atoms with Crippen LogP contribution in [0.25, 0.3) is 0 Å². The van der Waals surface area contributed by atoms with E-state index in [0.29, 0.717) is 12.0 Å². The van der Waals surface area contributed by atoms with Gasteiger partial charge in [0.05, 0.1) is 0 Å². The van der Waals surface area contributed by atoms with Crippen molar-refractivity contribution >= 4 is 0 Å². The van der Waals surface area contributed by atoms with E-state index in [4.69, 9.17) is 0 Å². The molecule has 0 spiro atoms. The lowest BCUT2D eigenvalue weighted by atomic mass is 9.96. The number of hydrogen-bond donors (Lipinski definition) is 1. The van der Waals surface area contributed by atoms with Crippen LogP contribution in [0.1, 0.15) is 32.4 Å². The van der Waals surface area contributed by atoms with Crippen LogP contribution in [-0.2, 0) is 0 Å². The van der Waals surface area contributed by atoms with Gasteiger partial charge >= 0.3 is 0 Å². The second kappa shape index (κ2) is 5.72. The molecule has 0 bridgehead atoms. The average Bonchev–Trinajstić information content (AvgIpc) is 2.18. The standard InChI is InChI=1S/C14H21N/c1-11(2)10-15-14(12(3)4)13-8-6-5-7-9-13/h5-9,12,14-15H,1,10H2,2-4H3. The summed E-state index contributed by atoms with van der Waals surface area (Å²) in [6.07, 6.45) is 0. The zero-order valence-electron chi connectivity index (χ0n) is 9.96. The summed E-state index contributed by atoms with van der Waals surface area (Å²) in [5.41, 5.74) is 2.53. The quantitative estimate of drug-likeness (QED) is 0.722. The average molecular weight is 203 g/mol. The van der Waals surface area contributed by atoms with Crippen LogP contribution in [0.4, 0.5) is 0 Å². The normalized spacial score (nSPS) is 12.8. The van der Waals surface area contributed by atoms with E-state index in [-0.39, 0.29) is 0 Å². The highest BCUT2D eigenvalue weighted by molar-refractivity contribution is 5.19. The van der Waals surface area contributed by atoms with E-state index >= 15 is 0 Å². The lowest BCUT2D eigenvalue weighted by Gasteiger charge is -2.23. The molecule has 1 unspecified atom stereocenters. The molecule has 1 rings (SSSR count). The van der Waals surface area contributed by atoms with Gasteiger partial charge in [-0.2, -0.15) is 0 Å². The number of nitrogens with one attached hydrogen (secondary N) is 1. The first-order valence-corrected chi connectivity index (χ1v) is 5.54. The fourth-order valence-electron chi connectivity index (χ4n) is 1.68. The van der Waals surface area contributed by atoms with Gasteiger partial charge in [0.1, 0.15) is 0 Å². The van der Waals surface area contributed by atoms with E-state index in [1.807, 2.05) is 0 Å². The zero-order chi connectivity index (χ0) is 11.3. The Bertz CT molecular complexity index is 300. The van der Waals surface area contributed by atoms with Gasteiger partial charge in [0, 0.05) is 12.6 Å². The molecule has 0 aromatic heterocycles. The molecule has 0 radical (unpaired) electrons. The molecule has 0 aliphatic heterocycles. The summed E-state index contributed by atoms with van der Waals surface area (Å²) in [4.78, 5) is 0. The molecule has 0 heterocycles. The molecule has 15 heavy (non-hydrogen) atoms. The second-order valence-electron chi connectivity index (χ2n) is 4.47. The summed E-state index contributed by atoms with van der Waals surface area (Å²) in [5.74, 6) is 0.590. The molecule has 1 atom stereocenters. The highest BCUT2D eigenvalue weighted by atomic mass is 14.9. The molecular weight excluding hydrogens is 182 g/mol. The van der Waals surface area contributed by atoms with Crippen LogP contribution in [0, 0.1) is 5.92 Å². The molecule has 0 saturated carbocycles. The molecule has 1 heteroatoms. The Morgan fingerprint density at radius 1 is 1.27 bits per heavy atom. The topological polar surface area (TPSA) is 12.0 Å². The third-order valence-electron chi connectivity index (χ3n) is 2.45. The van der Waals surface area contributed by atoms with Crippen molar-refractivity contribution in [3.63, 3.8) is 0 Å². The molecule has 1 aromatic rings. The lowest BCUT2D eigenvalue weighted by molar-refractivity contribution is 0.426. The summed E-state index contributed by atoms with van der Waals surface area (Å²) in [6.45, 7) is 11.3. The molecule has 1 N–H and O–H groups in total. The Hall–Kier alpha value is -1.08. The first-order chi connectivity index (χ1) is 7.11. The highest BCUT2D eigenvalue weighted by Gasteiger charge is 2.13. The summed E-state index contributed by atoms with van der Waals surface area (Å²) in [7, 11) is 0. The van der Waals surface area contributed by atoms with Gasteiger partial charge in [-0.3, -0.25) is 0 Å². The maximum absolute atomic E-state index is 3.92. The van der Waals surface area contributed by atoms with Gasteiger partial charge in [-0.15, -0.1) is 0 Å². The van der Waals surface area contributed by atoms with Crippen molar-refractivity contribution in [1.82, 2.24) is 5.32 Å². The summed E-state index contributed by atoms with van der Waals surface area (Å²) < 4.78 is 0. The van der Waals surface area contributed by atoms with Crippen molar-refractivity contribution in [2.45, 2.75) is 26.8 Å². The zero-order valence-corrected chi connectivity index (χ0v) is 9.96. The first-order valence-electron chi connectivity index (χ1n) is 5.54. The molecule has 0 aliphatic rings. The van der Waals surface area contributed by atoms with Crippen LogP contribution in [0.15, 0.2) is 42.5 Å². The SMILES string of the molecule is C=C(C)CNC(c1ccccc1)C(C)C. The molecule has 1 aromatic carbocycles. The maximum Gasteiger partial charge on any atom is 0.0346 e. The third kappa shape index (κ3) is 3.88. The monoisotopic (exact) mass is 203 g/mol. The third-order valence-corrected chi connectivity index (χ3v) is 2.45. The summed E-state index contributed by atoms with van der Waals surface area (Å²) in [6, 6.07) is 11.0. The van der Waals surface area contributed by atoms with Crippen LogP contribution in [0.3, 0.4) is 0 Å². The lowest BCUT2D eigenvalue weighted by Crippen LogP contribution is -2.26. The fraction of sp³-hybridized carbons (Fsp3) is 0.429. The van der Waals surface area contributed by atoms with Gasteiger partial charge in [-0.05, 0) is 18.4 Å². The molecule has 0 fully saturated rings. The van der Waals surface area contributed by atoms with Gasteiger partial charge in [0.2, 0.25) is 0 Å². The van der Waals surface area contributed by atoms with E-state index in [0.717, 1.165) is 6.54 Å². The minimum Gasteiger partial charge on any atom is -0.306 e. The van der Waals surface area contributed by atoms with E-state index in [1.54, 1.807) is 0 Å². The Balaban J connectivity index is 2.70. The number of benzene rings is 1. The Morgan fingerprint density at radius 3 is 2.33 bits per heavy atom. The van der Waals surface area contributed by atoms with Gasteiger partial charge in [-0.25, -0.2) is 0 Å². The van der Waals surface area contributed by atoms with Gasteiger partial charge in [0.15, 0.2) is 0 Å². The van der Waals surface area contributed by atoms with E-state index in [9.17, 15) is 0 Å². The van der Waals surface area contributed by atoms with Crippen molar-refractivity contribution in [3.05, 3.63) is 48.0 Å². The van der Waals surface area contributed by atoms with Crippen LogP contribution >= 0.6 is 0 Å². The van der Waals surface area contributed by atoms with E-state index in [2.05, 4.69) is 63.0 Å². The van der Waals surface area contributed by atoms with Crippen LogP contribution in [-0.4, -0.2) is 6.54 Å². The van der Waals surface area contributed by atoms with Crippen molar-refractivity contribution in [2.24, 2.45) is 5.92 Å². The molecular formula is C14H21N. The molecule has 0 amide bonds. The summed E-state index contributed by atoms with van der Waals surface area (Å²) >= 11 is 0. The predicted octanol–water partition coefficient (Wildman–Crippen LogP) is 3.55. The minimum absolute atomic E-state index is 0.419. The van der Waals surface area contributed by atoms with Gasteiger partial charge < -0.3 is 5.32 Å². The predicted molar refractivity (Wildman–Crippen MR) is 66.8 cm³/mol. The Morgan fingerprint density at radius 2 is 1.87 bits per heavy atom. The fourth-order valence-corrected chi connectivity index (χ4v) is 1.68. The number of rotatable bonds is 5. The molecule has 82 valence electrons. The van der Waals surface area contributed by atoms with E-state index in [1.165, 1.54) is 11.1 Å². The first kappa shape index (κ1) is 12.0. The van der Waals surface area contributed by atoms with Crippen LogP contribution < -0.4 is 5.32 Å². The van der Waals surface area contributed by atoms with Crippen molar-refractivity contribution in [2.75, 3.05) is 6.54 Å². The molecule has 0 aliphatic carbocycles. The second-order valence-corrected chi connectivity index (χ2v) is 4.47. The van der Waals surface area contributed by atoms with Crippen molar-refractivity contribution in [1.29, 1.82) is 0 Å². The molecule has 0 saturated heterocycles. The maximum atomic E-state index is 3.92. The van der Waals surface area contributed by atoms with E-state index < -0.39 is 0 Å².